The maximum absolute atomic E-state index is 13.5. The molecular weight excluding hydrogens is 446 g/mol. The second kappa shape index (κ2) is 7.80. The lowest BCUT2D eigenvalue weighted by Gasteiger charge is -2.40. The Morgan fingerprint density at radius 3 is 2.47 bits per heavy atom. The van der Waals surface area contributed by atoms with Crippen molar-refractivity contribution in [1.29, 1.82) is 0 Å². The van der Waals surface area contributed by atoms with Gasteiger partial charge in [-0.2, -0.15) is 18.3 Å². The lowest BCUT2D eigenvalue weighted by Crippen LogP contribution is -2.43. The highest BCUT2D eigenvalue weighted by Crippen LogP contribution is 2.48. The molecule has 180 valence electrons. The van der Waals surface area contributed by atoms with Crippen LogP contribution in [-0.2, 0) is 23.7 Å². The van der Waals surface area contributed by atoms with E-state index in [1.54, 1.807) is 0 Å². The minimum Gasteiger partial charge on any atom is -0.383 e. The minimum absolute atomic E-state index is 0.115. The third-order valence-electron chi connectivity index (χ3n) is 7.85. The molecule has 0 bridgehead atoms. The van der Waals surface area contributed by atoms with E-state index >= 15 is 0 Å². The predicted octanol–water partition coefficient (Wildman–Crippen LogP) is 5.36. The van der Waals surface area contributed by atoms with Crippen LogP contribution < -0.4 is 5.73 Å². The van der Waals surface area contributed by atoms with Crippen molar-refractivity contribution in [2.75, 3.05) is 18.8 Å². The van der Waals surface area contributed by atoms with Crippen molar-refractivity contribution < 1.29 is 17.6 Å². The van der Waals surface area contributed by atoms with E-state index in [0.717, 1.165) is 56.2 Å². The Bertz CT molecular complexity index is 1220. The number of aryl methyl sites for hydroxylation is 1. The molecule has 2 aromatic heterocycles. The summed E-state index contributed by atoms with van der Waals surface area (Å²) in [6.45, 7) is 6.74. The number of rotatable bonds is 4. The molecule has 2 atom stereocenters. The summed E-state index contributed by atoms with van der Waals surface area (Å²) in [4.78, 5) is 6.22. The molecule has 0 saturated carbocycles. The number of alkyl halides is 3. The average Bonchev–Trinajstić information content (AvgIpc) is 3.50. The number of hydrogen-bond donors (Lipinski definition) is 1. The van der Waals surface area contributed by atoms with Crippen molar-refractivity contribution in [3.8, 4) is 11.3 Å². The summed E-state index contributed by atoms with van der Waals surface area (Å²) in [5.41, 5.74) is 7.07. The number of nitrogens with zero attached hydrogens (tertiary/aromatic N) is 4. The molecule has 34 heavy (non-hydrogen) atoms. The number of benzene rings is 1. The van der Waals surface area contributed by atoms with Crippen LogP contribution in [0.15, 0.2) is 42.6 Å². The zero-order valence-electron chi connectivity index (χ0n) is 19.2. The van der Waals surface area contributed by atoms with Crippen molar-refractivity contribution in [3.63, 3.8) is 0 Å². The van der Waals surface area contributed by atoms with Crippen molar-refractivity contribution in [2.24, 2.45) is 0 Å². The molecule has 9 heteroatoms. The fourth-order valence-corrected chi connectivity index (χ4v) is 5.57. The molecule has 5 rings (SSSR count). The SMILES string of the molecule is CCC(C)(c1ccc(F)cc1)N1CCC2(CCn3nc(-c4cnc(N)c(C(F)(F)F)c4)cc32)C1. The number of fused-ring (bicyclic) bond motifs is 2. The third kappa shape index (κ3) is 3.57. The molecule has 2 aliphatic heterocycles. The van der Waals surface area contributed by atoms with Crippen LogP contribution in [0.4, 0.5) is 23.4 Å². The van der Waals surface area contributed by atoms with E-state index in [1.165, 1.54) is 18.3 Å². The average molecular weight is 474 g/mol. The standard InChI is InChI=1S/C25H27F4N5/c1-3-23(2,17-4-6-18(26)7-5-17)33-10-8-24(15-33)9-11-34-21(24)13-20(32-34)16-12-19(25(27,28)29)22(30)31-14-16/h4-7,12-14H,3,8-11,15H2,1-2H3,(H2,30,31). The largest absolute Gasteiger partial charge is 0.419 e. The molecule has 1 aromatic carbocycles. The highest BCUT2D eigenvalue weighted by molar-refractivity contribution is 5.63. The highest BCUT2D eigenvalue weighted by atomic mass is 19.4. The number of likely N-dealkylation sites (tertiary alicyclic amines) is 1. The first-order valence-electron chi connectivity index (χ1n) is 11.5. The molecule has 2 aliphatic rings. The van der Waals surface area contributed by atoms with Gasteiger partial charge in [-0.25, -0.2) is 9.37 Å². The summed E-state index contributed by atoms with van der Waals surface area (Å²) in [6, 6.07) is 9.64. The van der Waals surface area contributed by atoms with Crippen LogP contribution >= 0.6 is 0 Å². The number of pyridine rings is 1. The zero-order chi connectivity index (χ0) is 24.3. The fourth-order valence-electron chi connectivity index (χ4n) is 5.57. The van der Waals surface area contributed by atoms with Gasteiger partial charge in [0.2, 0.25) is 0 Å². The lowest BCUT2D eigenvalue weighted by molar-refractivity contribution is -0.137. The summed E-state index contributed by atoms with van der Waals surface area (Å²) in [5.74, 6) is -0.788. The Hall–Kier alpha value is -2.94. The van der Waals surface area contributed by atoms with Crippen molar-refractivity contribution >= 4 is 5.82 Å². The van der Waals surface area contributed by atoms with E-state index < -0.39 is 17.6 Å². The maximum Gasteiger partial charge on any atom is 0.419 e. The molecule has 5 nitrogen and oxygen atoms in total. The van der Waals surface area contributed by atoms with Crippen LogP contribution in [0.1, 0.15) is 49.9 Å². The molecule has 0 amide bonds. The first-order valence-corrected chi connectivity index (χ1v) is 11.5. The normalized spacial score (nSPS) is 22.3. The Morgan fingerprint density at radius 1 is 1.09 bits per heavy atom. The fraction of sp³-hybridized carbons (Fsp3) is 0.440. The summed E-state index contributed by atoms with van der Waals surface area (Å²) >= 11 is 0. The van der Waals surface area contributed by atoms with Gasteiger partial charge in [0.1, 0.15) is 11.6 Å². The van der Waals surface area contributed by atoms with Gasteiger partial charge in [0.05, 0.1) is 11.3 Å². The van der Waals surface area contributed by atoms with E-state index in [4.69, 9.17) is 5.73 Å². The van der Waals surface area contributed by atoms with E-state index in [0.29, 0.717) is 11.3 Å². The van der Waals surface area contributed by atoms with Gasteiger partial charge >= 0.3 is 6.18 Å². The maximum atomic E-state index is 13.5. The Morgan fingerprint density at radius 2 is 1.79 bits per heavy atom. The Labute approximate surface area is 195 Å². The molecule has 1 fully saturated rings. The molecule has 1 saturated heterocycles. The Kier molecular flexibility index (Phi) is 5.24. The van der Waals surface area contributed by atoms with Gasteiger partial charge in [0.15, 0.2) is 0 Å². The van der Waals surface area contributed by atoms with E-state index in [9.17, 15) is 17.6 Å². The molecule has 1 spiro atoms. The minimum atomic E-state index is -4.58. The monoisotopic (exact) mass is 473 g/mol. The van der Waals surface area contributed by atoms with Crippen LogP contribution in [0, 0.1) is 5.82 Å². The molecule has 2 unspecified atom stereocenters. The number of hydrogen-bond acceptors (Lipinski definition) is 4. The van der Waals surface area contributed by atoms with Crippen LogP contribution in [-0.4, -0.2) is 32.8 Å². The molecule has 0 radical (unpaired) electrons. The summed E-state index contributed by atoms with van der Waals surface area (Å²) in [5, 5.41) is 4.62. The number of nitrogens with two attached hydrogens (primary N) is 1. The van der Waals surface area contributed by atoms with Gasteiger partial charge in [0, 0.05) is 41.5 Å². The van der Waals surface area contributed by atoms with Gasteiger partial charge in [-0.3, -0.25) is 9.58 Å². The van der Waals surface area contributed by atoms with Gasteiger partial charge in [0.25, 0.3) is 0 Å². The van der Waals surface area contributed by atoms with Crippen molar-refractivity contribution in [3.05, 3.63) is 65.2 Å². The topological polar surface area (TPSA) is 60.0 Å². The number of aromatic nitrogens is 3. The number of anilines is 1. The molecule has 3 aromatic rings. The van der Waals surface area contributed by atoms with Crippen molar-refractivity contribution in [2.45, 2.75) is 56.8 Å². The molecular formula is C25H27F4N5. The van der Waals surface area contributed by atoms with Crippen LogP contribution in [0.2, 0.25) is 0 Å². The molecule has 0 aliphatic carbocycles. The molecule has 2 N–H and O–H groups in total. The number of halogens is 4. The van der Waals surface area contributed by atoms with E-state index in [2.05, 4.69) is 28.8 Å². The van der Waals surface area contributed by atoms with Gasteiger partial charge in [-0.05, 0) is 62.6 Å². The van der Waals surface area contributed by atoms with Crippen LogP contribution in [0.25, 0.3) is 11.3 Å². The first-order chi connectivity index (χ1) is 16.1. The summed E-state index contributed by atoms with van der Waals surface area (Å²) in [6.07, 6.45) is -0.491. The van der Waals surface area contributed by atoms with Gasteiger partial charge < -0.3 is 5.73 Å². The second-order valence-electron chi connectivity index (χ2n) is 9.63. The van der Waals surface area contributed by atoms with Gasteiger partial charge in [-0.15, -0.1) is 0 Å². The summed E-state index contributed by atoms with van der Waals surface area (Å²) < 4.78 is 55.4. The second-order valence-corrected chi connectivity index (χ2v) is 9.63. The molecule has 4 heterocycles. The highest BCUT2D eigenvalue weighted by Gasteiger charge is 2.49. The zero-order valence-corrected chi connectivity index (χ0v) is 19.2. The smallest absolute Gasteiger partial charge is 0.383 e. The third-order valence-corrected chi connectivity index (χ3v) is 7.85. The van der Waals surface area contributed by atoms with Crippen LogP contribution in [0.5, 0.6) is 0 Å². The van der Waals surface area contributed by atoms with E-state index in [-0.39, 0.29) is 16.8 Å². The Balaban J connectivity index is 1.45. The summed E-state index contributed by atoms with van der Waals surface area (Å²) in [7, 11) is 0. The van der Waals surface area contributed by atoms with Gasteiger partial charge in [-0.1, -0.05) is 19.1 Å². The van der Waals surface area contributed by atoms with E-state index in [1.807, 2.05) is 22.9 Å². The number of nitrogen functional groups attached to an aromatic ring is 1. The first kappa shape index (κ1) is 22.8. The quantitative estimate of drug-likeness (QED) is 0.519. The lowest BCUT2D eigenvalue weighted by atomic mass is 9.81. The predicted molar refractivity (Wildman–Crippen MR) is 121 cm³/mol. The van der Waals surface area contributed by atoms with Crippen molar-refractivity contribution in [1.82, 2.24) is 19.7 Å². The van der Waals surface area contributed by atoms with Crippen LogP contribution in [0.3, 0.4) is 0 Å².